The Hall–Kier alpha value is -1.97. The summed E-state index contributed by atoms with van der Waals surface area (Å²) in [5.41, 5.74) is -0.101. The maximum absolute atomic E-state index is 15.1. The average Bonchev–Trinajstić information content (AvgIpc) is 0.756. The lowest BCUT2D eigenvalue weighted by Crippen LogP contribution is -2.66. The molecule has 4 saturated carbocycles. The highest BCUT2D eigenvalue weighted by atomic mass is 16.8. The molecule has 0 bridgehead atoms. The van der Waals surface area contributed by atoms with Crippen LogP contribution in [0.4, 0.5) is 0 Å². The molecule has 82 heavy (non-hydrogen) atoms. The third-order valence-corrected chi connectivity index (χ3v) is 22.1. The van der Waals surface area contributed by atoms with E-state index in [1.165, 1.54) is 12.5 Å². The van der Waals surface area contributed by atoms with E-state index in [0.717, 1.165) is 31.3 Å². The van der Waals surface area contributed by atoms with Gasteiger partial charge in [-0.25, -0.2) is 0 Å². The highest BCUT2D eigenvalue weighted by Gasteiger charge is 2.70. The summed E-state index contributed by atoms with van der Waals surface area (Å²) in [6.45, 7) is 15.4. The van der Waals surface area contributed by atoms with Crippen molar-refractivity contribution in [2.75, 3.05) is 26.4 Å². The molecule has 14 N–H and O–H groups in total. The first-order valence-electron chi connectivity index (χ1n) is 29.4. The highest BCUT2D eigenvalue weighted by Crippen LogP contribution is 2.75. The summed E-state index contributed by atoms with van der Waals surface area (Å²) in [6, 6.07) is 0. The molecule has 5 aliphatic heterocycles. The molecule has 5 saturated heterocycles. The minimum Gasteiger partial charge on any atom is -0.432 e. The molecular formula is C57H90O25. The van der Waals surface area contributed by atoms with Crippen molar-refractivity contribution in [3.8, 4) is 0 Å². The summed E-state index contributed by atoms with van der Waals surface area (Å²) >= 11 is 0. The minimum absolute atomic E-state index is 0.164. The molecule has 31 atom stereocenters. The fraction of sp³-hybridized carbons (Fsp3) is 0.912. The van der Waals surface area contributed by atoms with Crippen molar-refractivity contribution >= 4 is 5.97 Å². The Balaban J connectivity index is 0.814. The van der Waals surface area contributed by atoms with Gasteiger partial charge in [-0.1, -0.05) is 58.4 Å². The maximum atomic E-state index is 15.1. The maximum Gasteiger partial charge on any atom is 0.315 e. The second-order valence-electron chi connectivity index (χ2n) is 26.8. The van der Waals surface area contributed by atoms with Crippen LogP contribution in [0.5, 0.6) is 0 Å². The molecule has 9 fully saturated rings. The van der Waals surface area contributed by atoms with Gasteiger partial charge in [0.05, 0.1) is 44.1 Å². The van der Waals surface area contributed by atoms with E-state index in [-0.39, 0.29) is 53.3 Å². The molecule has 25 nitrogen and oxygen atoms in total. The summed E-state index contributed by atoms with van der Waals surface area (Å²) in [5.74, 6) is -0.565. The number of rotatable bonds is 12. The van der Waals surface area contributed by atoms with Crippen LogP contribution in [0.3, 0.4) is 0 Å². The predicted octanol–water partition coefficient (Wildman–Crippen LogP) is -2.38. The number of carbonyl (C=O) groups is 1. The number of aliphatic hydroxyl groups excluding tert-OH is 14. The molecule has 0 spiro atoms. The minimum atomic E-state index is -1.89. The zero-order chi connectivity index (χ0) is 59.5. The molecule has 468 valence electrons. The monoisotopic (exact) mass is 1170 g/mol. The summed E-state index contributed by atoms with van der Waals surface area (Å²) in [6.07, 6.45) is -27.5. The first-order chi connectivity index (χ1) is 38.5. The number of allylic oxidation sites excluding steroid dienone is 3. The van der Waals surface area contributed by atoms with Gasteiger partial charge in [-0.15, -0.1) is 0 Å². The van der Waals surface area contributed by atoms with Crippen LogP contribution in [0.25, 0.3) is 0 Å². The third kappa shape index (κ3) is 10.5. The Labute approximate surface area is 476 Å². The zero-order valence-electron chi connectivity index (χ0n) is 47.5. The van der Waals surface area contributed by atoms with Crippen molar-refractivity contribution in [1.82, 2.24) is 0 Å². The summed E-state index contributed by atoms with van der Waals surface area (Å²) in [4.78, 5) is 15.1. The average molecular weight is 1180 g/mol. The van der Waals surface area contributed by atoms with E-state index in [9.17, 15) is 71.5 Å². The van der Waals surface area contributed by atoms with Gasteiger partial charge in [-0.2, -0.15) is 0 Å². The van der Waals surface area contributed by atoms with Gasteiger partial charge >= 0.3 is 5.97 Å². The number of esters is 1. The normalized spacial score (nSPS) is 54.1. The van der Waals surface area contributed by atoms with Crippen molar-refractivity contribution < 1.29 is 124 Å². The molecule has 0 aromatic carbocycles. The van der Waals surface area contributed by atoms with Gasteiger partial charge in [0.15, 0.2) is 25.2 Å². The van der Waals surface area contributed by atoms with Crippen molar-refractivity contribution in [3.63, 3.8) is 0 Å². The van der Waals surface area contributed by atoms with Crippen molar-refractivity contribution in [2.45, 2.75) is 253 Å². The van der Waals surface area contributed by atoms with E-state index < -0.39 is 171 Å². The topological polar surface area (TPSA) is 393 Å². The van der Waals surface area contributed by atoms with Crippen molar-refractivity contribution in [3.05, 3.63) is 23.8 Å². The smallest absolute Gasteiger partial charge is 0.315 e. The fourth-order valence-electron chi connectivity index (χ4n) is 16.9. The quantitative estimate of drug-likeness (QED) is 0.0551. The van der Waals surface area contributed by atoms with Gasteiger partial charge < -0.3 is 119 Å². The van der Waals surface area contributed by atoms with Crippen LogP contribution in [-0.4, -0.2) is 251 Å². The van der Waals surface area contributed by atoms with Crippen LogP contribution in [0.15, 0.2) is 23.8 Å². The molecule has 10 aliphatic rings. The molecule has 10 rings (SSSR count). The lowest BCUT2D eigenvalue weighted by molar-refractivity contribution is -0.361. The number of hydrogen-bond acceptors (Lipinski definition) is 25. The predicted molar refractivity (Wildman–Crippen MR) is 277 cm³/mol. The van der Waals surface area contributed by atoms with Crippen LogP contribution >= 0.6 is 0 Å². The molecular weight excluding hydrogens is 1080 g/mol. The van der Waals surface area contributed by atoms with Gasteiger partial charge in [0.2, 0.25) is 6.29 Å². The van der Waals surface area contributed by atoms with Crippen LogP contribution < -0.4 is 0 Å². The Bertz CT molecular complexity index is 2310. The molecule has 25 heteroatoms. The fourth-order valence-corrected chi connectivity index (χ4v) is 16.9. The third-order valence-electron chi connectivity index (χ3n) is 22.1. The Kier molecular flexibility index (Phi) is 18.1. The number of fused-ring (bicyclic) bond motifs is 7. The van der Waals surface area contributed by atoms with E-state index in [1.54, 1.807) is 0 Å². The van der Waals surface area contributed by atoms with E-state index in [4.69, 9.17) is 47.4 Å². The number of ether oxygens (including phenoxy) is 10. The molecule has 0 aromatic rings. The van der Waals surface area contributed by atoms with E-state index in [0.29, 0.717) is 38.5 Å². The van der Waals surface area contributed by atoms with Crippen LogP contribution in [0.1, 0.15) is 106 Å². The Morgan fingerprint density at radius 1 is 0.610 bits per heavy atom. The molecule has 0 radical (unpaired) electrons. The van der Waals surface area contributed by atoms with E-state index >= 15 is 4.79 Å². The lowest BCUT2D eigenvalue weighted by Gasteiger charge is -2.71. The molecule has 5 heterocycles. The number of hydrogen-bond donors (Lipinski definition) is 14. The van der Waals surface area contributed by atoms with Gasteiger partial charge in [0.25, 0.3) is 0 Å². The molecule has 5 aliphatic carbocycles. The van der Waals surface area contributed by atoms with Crippen LogP contribution in [0, 0.1) is 44.8 Å². The Morgan fingerprint density at radius 3 is 1.94 bits per heavy atom. The van der Waals surface area contributed by atoms with Crippen molar-refractivity contribution in [1.29, 1.82) is 0 Å². The van der Waals surface area contributed by atoms with Gasteiger partial charge in [0, 0.05) is 5.92 Å². The Morgan fingerprint density at radius 2 is 1.23 bits per heavy atom. The van der Waals surface area contributed by atoms with Crippen molar-refractivity contribution in [2.24, 2.45) is 44.8 Å². The summed E-state index contributed by atoms with van der Waals surface area (Å²) in [5, 5.41) is 150. The lowest BCUT2D eigenvalue weighted by atomic mass is 9.34. The molecule has 0 amide bonds. The van der Waals surface area contributed by atoms with Crippen LogP contribution in [-0.2, 0) is 52.2 Å². The number of carbonyl (C=O) groups excluding carboxylic acids is 1. The first kappa shape index (κ1) is 63.1. The van der Waals surface area contributed by atoms with Gasteiger partial charge in [-0.05, 0) is 105 Å². The zero-order valence-corrected chi connectivity index (χ0v) is 47.5. The van der Waals surface area contributed by atoms with Crippen LogP contribution in [0.2, 0.25) is 0 Å². The summed E-state index contributed by atoms with van der Waals surface area (Å²) < 4.78 is 59.1. The van der Waals surface area contributed by atoms with E-state index in [2.05, 4.69) is 47.3 Å². The van der Waals surface area contributed by atoms with E-state index in [1.807, 2.05) is 0 Å². The van der Waals surface area contributed by atoms with Gasteiger partial charge in [-0.3, -0.25) is 4.79 Å². The van der Waals surface area contributed by atoms with Gasteiger partial charge in [0.1, 0.15) is 104 Å². The SMILES string of the molecule is C=C1CC[C@]2(C(=O)O[C@@H]3O[C@H](CO[C@@H]4O[C@H](CO)[C@@H](O[C@@H]5O[C@@H](C)[C@H](O)[C@@H](O)[C@H]5O)[C@H](O)[C@H]4O)[C@@H](O)[C@H](O)[C@H]3O)CC[C@]3(C)C(=CC[C@@H]4[C@@]5(C)CC[C@H](O[C@@H]6OC[C@H](O)[C@H](O)[C@H]6O[C@H]6OC[C@@H](O)[C@H](O)[C@H]6O)C(C)(C)[C@@H]5CC[C@]43C)[C@@H]2C1. The first-order valence-corrected chi connectivity index (χ1v) is 29.4. The second-order valence-corrected chi connectivity index (χ2v) is 26.8. The highest BCUT2D eigenvalue weighted by molar-refractivity contribution is 5.79. The summed E-state index contributed by atoms with van der Waals surface area (Å²) in [7, 11) is 0. The number of aliphatic hydroxyl groups is 14. The molecule has 0 aromatic heterocycles. The molecule has 0 unspecified atom stereocenters. The largest absolute Gasteiger partial charge is 0.432 e. The standard InChI is InChI=1S/C57H90O25/c1-23-10-15-57(52(72)82-50-43(70)39(66)37(64)30(78-50)22-75-47-44(71)40(67)45(29(19-58)77-47)80-49-42(69)38(65)34(61)24(2)76-49)17-16-55(6)25(26(57)18-23)8-9-32-54(5)13-12-33(53(3,4)31(54)11-14-56(32,55)7)79-51-46(36(63)28(60)21-74-51)81-48-41(68)35(62)27(59)20-73-48/h8,24,26-51,58-71H,1,9-22H2,2-7H3/t24-,26-,27+,28-,29+,30+,31-,32+,33-,34-,35-,36-,37+,38+,39-,40+,41+,42+,43+,44+,45+,46+,47+,48+,49-,50-,51-,54-,55+,56+,57-/m0/s1. The second kappa shape index (κ2) is 23.5.